The average molecular weight is 360 g/mol. The minimum atomic E-state index is -0.00859. The van der Waals surface area contributed by atoms with Gasteiger partial charge < -0.3 is 9.88 Å². The van der Waals surface area contributed by atoms with Crippen molar-refractivity contribution in [1.82, 2.24) is 19.8 Å². The number of aromatic nitrogens is 2. The summed E-state index contributed by atoms with van der Waals surface area (Å²) < 4.78 is 2.04. The van der Waals surface area contributed by atoms with E-state index in [0.29, 0.717) is 6.54 Å². The fourth-order valence-corrected chi connectivity index (χ4v) is 3.41. The highest BCUT2D eigenvalue weighted by Crippen LogP contribution is 2.20. The Balaban J connectivity index is 1.26. The van der Waals surface area contributed by atoms with Gasteiger partial charge in [-0.25, -0.2) is 4.98 Å². The van der Waals surface area contributed by atoms with E-state index < -0.39 is 0 Å². The summed E-state index contributed by atoms with van der Waals surface area (Å²) in [6.07, 6.45) is 6.48. The van der Waals surface area contributed by atoms with Gasteiger partial charge in [0.2, 0.25) is 5.91 Å². The van der Waals surface area contributed by atoms with Crippen molar-refractivity contribution in [2.75, 3.05) is 6.54 Å². The molecule has 3 aromatic rings. The standard InChI is InChI=1S/C22H24N4O/c27-22(21-10-12-26(21)16-19-4-2-1-3-5-19)24-14-18-6-8-20(9-7-18)15-25-13-11-23-17-25/h1-9,11,13,17,21H,10,12,14-16H2,(H,24,27)/t21-/m0/s1. The minimum Gasteiger partial charge on any atom is -0.351 e. The molecule has 1 saturated heterocycles. The number of nitrogens with one attached hydrogen (secondary N) is 1. The van der Waals surface area contributed by atoms with Crippen molar-refractivity contribution in [3.63, 3.8) is 0 Å². The zero-order valence-electron chi connectivity index (χ0n) is 15.3. The van der Waals surface area contributed by atoms with E-state index in [9.17, 15) is 4.79 Å². The summed E-state index contributed by atoms with van der Waals surface area (Å²) in [5.41, 5.74) is 3.59. The van der Waals surface area contributed by atoms with Gasteiger partial charge in [0.05, 0.1) is 12.4 Å². The third-order valence-electron chi connectivity index (χ3n) is 5.08. The van der Waals surface area contributed by atoms with E-state index in [2.05, 4.69) is 51.6 Å². The number of hydrogen-bond donors (Lipinski definition) is 1. The predicted octanol–water partition coefficient (Wildman–Crippen LogP) is 2.82. The second kappa shape index (κ2) is 8.18. The monoisotopic (exact) mass is 360 g/mol. The first-order valence-electron chi connectivity index (χ1n) is 9.37. The molecule has 138 valence electrons. The van der Waals surface area contributed by atoms with E-state index in [1.54, 1.807) is 6.20 Å². The van der Waals surface area contributed by atoms with E-state index in [1.165, 1.54) is 11.1 Å². The van der Waals surface area contributed by atoms with Crippen molar-refractivity contribution in [1.29, 1.82) is 0 Å². The fourth-order valence-electron chi connectivity index (χ4n) is 3.41. The number of carbonyl (C=O) groups excluding carboxylic acids is 1. The molecule has 1 amide bonds. The average Bonchev–Trinajstić information content (AvgIpc) is 3.19. The van der Waals surface area contributed by atoms with E-state index in [0.717, 1.165) is 31.6 Å². The van der Waals surface area contributed by atoms with Gasteiger partial charge in [-0.2, -0.15) is 0 Å². The van der Waals surface area contributed by atoms with E-state index in [4.69, 9.17) is 0 Å². The largest absolute Gasteiger partial charge is 0.351 e. The third-order valence-corrected chi connectivity index (χ3v) is 5.08. The summed E-state index contributed by atoms with van der Waals surface area (Å²) in [5, 5.41) is 3.09. The van der Waals surface area contributed by atoms with Gasteiger partial charge in [0.25, 0.3) is 0 Å². The molecule has 4 rings (SSSR count). The van der Waals surface area contributed by atoms with Gasteiger partial charge in [0.15, 0.2) is 0 Å². The number of rotatable bonds is 7. The van der Waals surface area contributed by atoms with Gasteiger partial charge in [-0.05, 0) is 23.1 Å². The van der Waals surface area contributed by atoms with Gasteiger partial charge in [0.1, 0.15) is 0 Å². The number of hydrogen-bond acceptors (Lipinski definition) is 3. The van der Waals surface area contributed by atoms with Crippen molar-refractivity contribution in [2.24, 2.45) is 0 Å². The van der Waals surface area contributed by atoms with Crippen LogP contribution >= 0.6 is 0 Å². The Kier molecular flexibility index (Phi) is 5.30. The van der Waals surface area contributed by atoms with Crippen LogP contribution < -0.4 is 5.32 Å². The lowest BCUT2D eigenvalue weighted by Gasteiger charge is -2.39. The maximum Gasteiger partial charge on any atom is 0.237 e. The molecular formula is C22H24N4O. The molecule has 0 aliphatic carbocycles. The van der Waals surface area contributed by atoms with Gasteiger partial charge in [0, 0.05) is 38.6 Å². The Hall–Kier alpha value is -2.92. The van der Waals surface area contributed by atoms with E-state index >= 15 is 0 Å². The third kappa shape index (κ3) is 4.44. The number of likely N-dealkylation sites (tertiary alicyclic amines) is 1. The summed E-state index contributed by atoms with van der Waals surface area (Å²) in [5.74, 6) is 0.125. The maximum absolute atomic E-state index is 12.5. The molecular weight excluding hydrogens is 336 g/mol. The Morgan fingerprint density at radius 2 is 1.74 bits per heavy atom. The first-order chi connectivity index (χ1) is 13.3. The number of nitrogens with zero attached hydrogens (tertiary/aromatic N) is 3. The number of benzene rings is 2. The van der Waals surface area contributed by atoms with Crippen LogP contribution in [0.1, 0.15) is 23.1 Å². The highest BCUT2D eigenvalue weighted by Gasteiger charge is 2.33. The lowest BCUT2D eigenvalue weighted by atomic mass is 10.0. The van der Waals surface area contributed by atoms with Crippen LogP contribution in [-0.2, 0) is 24.4 Å². The molecule has 2 aromatic carbocycles. The second-order valence-corrected chi connectivity index (χ2v) is 7.03. The number of amides is 1. The quantitative estimate of drug-likeness (QED) is 0.705. The first kappa shape index (κ1) is 17.5. The predicted molar refractivity (Wildman–Crippen MR) is 105 cm³/mol. The van der Waals surface area contributed by atoms with Crippen LogP contribution in [0.3, 0.4) is 0 Å². The van der Waals surface area contributed by atoms with Gasteiger partial charge >= 0.3 is 0 Å². The summed E-state index contributed by atoms with van der Waals surface area (Å²) in [6.45, 7) is 3.20. The molecule has 1 aromatic heterocycles. The Morgan fingerprint density at radius 1 is 1.00 bits per heavy atom. The van der Waals surface area contributed by atoms with E-state index in [-0.39, 0.29) is 11.9 Å². The van der Waals surface area contributed by atoms with Crippen LogP contribution in [0.4, 0.5) is 0 Å². The Morgan fingerprint density at radius 3 is 2.41 bits per heavy atom. The molecule has 27 heavy (non-hydrogen) atoms. The Bertz CT molecular complexity index is 859. The zero-order valence-corrected chi connectivity index (χ0v) is 15.3. The van der Waals surface area contributed by atoms with Crippen molar-refractivity contribution >= 4 is 5.91 Å². The normalized spacial score (nSPS) is 16.7. The summed E-state index contributed by atoms with van der Waals surface area (Å²) in [4.78, 5) is 18.8. The Labute approximate surface area is 159 Å². The van der Waals surface area contributed by atoms with Crippen molar-refractivity contribution in [3.8, 4) is 0 Å². The molecule has 0 unspecified atom stereocenters. The number of imidazole rings is 1. The molecule has 2 heterocycles. The zero-order chi connectivity index (χ0) is 18.5. The van der Waals surface area contributed by atoms with Gasteiger partial charge in [-0.3, -0.25) is 9.69 Å². The first-order valence-corrected chi connectivity index (χ1v) is 9.37. The molecule has 1 fully saturated rings. The molecule has 0 bridgehead atoms. The molecule has 1 atom stereocenters. The molecule has 0 spiro atoms. The van der Waals surface area contributed by atoms with E-state index in [1.807, 2.05) is 35.3 Å². The van der Waals surface area contributed by atoms with Crippen LogP contribution in [0, 0.1) is 0 Å². The number of carbonyl (C=O) groups is 1. The maximum atomic E-state index is 12.5. The van der Waals surface area contributed by atoms with Crippen LogP contribution in [0.15, 0.2) is 73.3 Å². The lowest BCUT2D eigenvalue weighted by Crippen LogP contribution is -2.55. The van der Waals surface area contributed by atoms with Gasteiger partial charge in [-0.1, -0.05) is 54.6 Å². The molecule has 1 aliphatic rings. The molecule has 0 radical (unpaired) electrons. The second-order valence-electron chi connectivity index (χ2n) is 7.03. The minimum absolute atomic E-state index is 0.00859. The van der Waals surface area contributed by atoms with Crippen LogP contribution in [-0.4, -0.2) is 32.9 Å². The van der Waals surface area contributed by atoms with Crippen molar-refractivity contribution in [2.45, 2.75) is 32.1 Å². The summed E-state index contributed by atoms with van der Waals surface area (Å²) >= 11 is 0. The SMILES string of the molecule is O=C(NCc1ccc(Cn2ccnc2)cc1)[C@@H]1CCN1Cc1ccccc1. The lowest BCUT2D eigenvalue weighted by molar-refractivity contribution is -0.131. The molecule has 0 saturated carbocycles. The van der Waals surface area contributed by atoms with Crippen LogP contribution in [0.25, 0.3) is 0 Å². The van der Waals surface area contributed by atoms with Crippen molar-refractivity contribution in [3.05, 3.63) is 90.0 Å². The molecule has 5 nitrogen and oxygen atoms in total. The molecule has 1 aliphatic heterocycles. The highest BCUT2D eigenvalue weighted by atomic mass is 16.2. The van der Waals surface area contributed by atoms with Crippen LogP contribution in [0.5, 0.6) is 0 Å². The smallest absolute Gasteiger partial charge is 0.237 e. The molecule has 5 heteroatoms. The highest BCUT2D eigenvalue weighted by molar-refractivity contribution is 5.82. The van der Waals surface area contributed by atoms with Gasteiger partial charge in [-0.15, -0.1) is 0 Å². The summed E-state index contributed by atoms with van der Waals surface area (Å²) in [7, 11) is 0. The fraction of sp³-hybridized carbons (Fsp3) is 0.273. The topological polar surface area (TPSA) is 50.2 Å². The molecule has 1 N–H and O–H groups in total. The summed E-state index contributed by atoms with van der Waals surface area (Å²) in [6, 6.07) is 18.7. The van der Waals surface area contributed by atoms with Crippen LogP contribution in [0.2, 0.25) is 0 Å². The van der Waals surface area contributed by atoms with Crippen molar-refractivity contribution < 1.29 is 4.79 Å².